The third-order valence-corrected chi connectivity index (χ3v) is 4.67. The number of carbonyl (C=O) groups excluding carboxylic acids is 1. The molecule has 1 unspecified atom stereocenters. The summed E-state index contributed by atoms with van der Waals surface area (Å²) in [5.74, 6) is 0.168. The summed E-state index contributed by atoms with van der Waals surface area (Å²) < 4.78 is 11.5. The van der Waals surface area contributed by atoms with Crippen LogP contribution >= 0.6 is 0 Å². The molecule has 2 heterocycles. The molecule has 1 atom stereocenters. The quantitative estimate of drug-likeness (QED) is 0.436. The number of oxazole rings is 1. The molecule has 2 aromatic heterocycles. The molecule has 0 bridgehead atoms. The van der Waals surface area contributed by atoms with Crippen molar-refractivity contribution in [2.75, 3.05) is 0 Å². The van der Waals surface area contributed by atoms with Crippen molar-refractivity contribution in [1.82, 2.24) is 9.97 Å². The van der Waals surface area contributed by atoms with Gasteiger partial charge in [0, 0.05) is 24.4 Å². The van der Waals surface area contributed by atoms with Crippen LogP contribution in [-0.2, 0) is 11.2 Å². The highest BCUT2D eigenvalue weighted by atomic mass is 16.5. The molecule has 4 rings (SSSR count). The number of fused-ring (bicyclic) bond motifs is 1. The van der Waals surface area contributed by atoms with E-state index in [2.05, 4.69) is 16.0 Å². The van der Waals surface area contributed by atoms with Crippen molar-refractivity contribution in [1.29, 1.82) is 0 Å². The summed E-state index contributed by atoms with van der Waals surface area (Å²) in [4.78, 5) is 21.1. The molecule has 2 aromatic carbocycles. The van der Waals surface area contributed by atoms with E-state index in [1.807, 2.05) is 45.0 Å². The van der Waals surface area contributed by atoms with Crippen molar-refractivity contribution in [2.45, 2.75) is 33.3 Å². The lowest BCUT2D eigenvalue weighted by molar-refractivity contribution is 0.0343. The highest BCUT2D eigenvalue weighted by Crippen LogP contribution is 2.27. The highest BCUT2D eigenvalue weighted by molar-refractivity contribution is 5.93. The van der Waals surface area contributed by atoms with Gasteiger partial charge in [0.2, 0.25) is 5.89 Å². The van der Waals surface area contributed by atoms with Crippen LogP contribution in [0.2, 0.25) is 0 Å². The summed E-state index contributed by atoms with van der Waals surface area (Å²) in [6, 6.07) is 15.2. The third-order valence-electron chi connectivity index (χ3n) is 4.67. The van der Waals surface area contributed by atoms with Crippen molar-refractivity contribution in [2.24, 2.45) is 0 Å². The number of hydrogen-bond donors (Lipinski definition) is 0. The largest absolute Gasteiger partial charge is 0.459 e. The average Bonchev–Trinajstić information content (AvgIpc) is 3.11. The first kappa shape index (κ1) is 18.9. The molecule has 0 aliphatic heterocycles. The Morgan fingerprint density at radius 2 is 1.76 bits per heavy atom. The number of aryl methyl sites for hydroxylation is 2. The first-order valence-electron chi connectivity index (χ1n) is 9.57. The fraction of sp³-hybridized carbons (Fsp3) is 0.208. The Morgan fingerprint density at radius 3 is 2.48 bits per heavy atom. The maximum Gasteiger partial charge on any atom is 0.338 e. The lowest BCUT2D eigenvalue weighted by atomic mass is 10.1. The minimum atomic E-state index is -0.377. The second-order valence-corrected chi connectivity index (χ2v) is 7.35. The molecule has 0 saturated carbocycles. The summed E-state index contributed by atoms with van der Waals surface area (Å²) >= 11 is 0. The molecular weight excluding hydrogens is 364 g/mol. The lowest BCUT2D eigenvalue weighted by Crippen LogP contribution is -2.17. The van der Waals surface area contributed by atoms with E-state index in [0.717, 1.165) is 22.3 Å². The van der Waals surface area contributed by atoms with Gasteiger partial charge in [-0.2, -0.15) is 0 Å². The standard InChI is InChI=1S/C24H22N2O3/c1-15-10-16(2)12-20(11-15)23-26-21-5-4-19(14-22(21)29-23)24(27)28-17(3)13-18-6-8-25-9-7-18/h4-12,14,17H,13H2,1-3H3. The molecule has 4 aromatic rings. The average molecular weight is 386 g/mol. The molecule has 0 N–H and O–H groups in total. The molecule has 0 aliphatic carbocycles. The predicted octanol–water partition coefficient (Wildman–Crippen LogP) is 5.29. The Hall–Kier alpha value is -3.47. The molecular formula is C24H22N2O3. The molecule has 0 fully saturated rings. The van der Waals surface area contributed by atoms with E-state index in [0.29, 0.717) is 29.0 Å². The smallest absolute Gasteiger partial charge is 0.338 e. The number of benzene rings is 2. The van der Waals surface area contributed by atoms with E-state index in [9.17, 15) is 4.79 Å². The van der Waals surface area contributed by atoms with Crippen LogP contribution in [0, 0.1) is 13.8 Å². The number of ether oxygens (including phenoxy) is 1. The van der Waals surface area contributed by atoms with E-state index >= 15 is 0 Å². The van der Waals surface area contributed by atoms with Crippen LogP contribution in [0.3, 0.4) is 0 Å². The van der Waals surface area contributed by atoms with E-state index in [1.54, 1.807) is 30.6 Å². The summed E-state index contributed by atoms with van der Waals surface area (Å²) in [6.07, 6.45) is 3.85. The van der Waals surface area contributed by atoms with Crippen LogP contribution in [0.1, 0.15) is 34.0 Å². The second kappa shape index (κ2) is 7.87. The van der Waals surface area contributed by atoms with Gasteiger partial charge in [0.1, 0.15) is 11.6 Å². The van der Waals surface area contributed by atoms with Gasteiger partial charge in [-0.15, -0.1) is 0 Å². The van der Waals surface area contributed by atoms with Gasteiger partial charge in [-0.05, 0) is 68.8 Å². The molecule has 0 saturated heterocycles. The van der Waals surface area contributed by atoms with Gasteiger partial charge in [0.15, 0.2) is 5.58 Å². The van der Waals surface area contributed by atoms with Crippen molar-refractivity contribution in [3.63, 3.8) is 0 Å². The highest BCUT2D eigenvalue weighted by Gasteiger charge is 2.16. The fourth-order valence-electron chi connectivity index (χ4n) is 3.42. The van der Waals surface area contributed by atoms with Crippen LogP contribution < -0.4 is 0 Å². The van der Waals surface area contributed by atoms with E-state index in [4.69, 9.17) is 9.15 Å². The molecule has 0 spiro atoms. The van der Waals surface area contributed by atoms with E-state index < -0.39 is 0 Å². The van der Waals surface area contributed by atoms with Crippen molar-refractivity contribution < 1.29 is 13.9 Å². The Balaban J connectivity index is 1.53. The van der Waals surface area contributed by atoms with Crippen LogP contribution in [0.4, 0.5) is 0 Å². The van der Waals surface area contributed by atoms with E-state index in [1.165, 1.54) is 0 Å². The second-order valence-electron chi connectivity index (χ2n) is 7.35. The van der Waals surface area contributed by atoms with E-state index in [-0.39, 0.29) is 12.1 Å². The third kappa shape index (κ3) is 4.35. The van der Waals surface area contributed by atoms with Crippen LogP contribution in [0.25, 0.3) is 22.6 Å². The van der Waals surface area contributed by atoms with Gasteiger partial charge in [0.05, 0.1) is 5.56 Å². The van der Waals surface area contributed by atoms with Crippen molar-refractivity contribution >= 4 is 17.1 Å². The summed E-state index contributed by atoms with van der Waals surface area (Å²) in [6.45, 7) is 5.96. The lowest BCUT2D eigenvalue weighted by Gasteiger charge is -2.13. The minimum Gasteiger partial charge on any atom is -0.459 e. The first-order valence-corrected chi connectivity index (χ1v) is 9.57. The van der Waals surface area contributed by atoms with Crippen molar-refractivity contribution in [3.8, 4) is 11.5 Å². The van der Waals surface area contributed by atoms with Gasteiger partial charge in [-0.3, -0.25) is 4.98 Å². The zero-order chi connectivity index (χ0) is 20.4. The van der Waals surface area contributed by atoms with Crippen LogP contribution in [-0.4, -0.2) is 22.0 Å². The van der Waals surface area contributed by atoms with Crippen LogP contribution in [0.15, 0.2) is 65.3 Å². The number of carbonyl (C=O) groups is 1. The maximum atomic E-state index is 12.6. The summed E-state index contributed by atoms with van der Waals surface area (Å²) in [7, 11) is 0. The Kier molecular flexibility index (Phi) is 5.12. The number of nitrogens with zero attached hydrogens (tertiary/aromatic N) is 2. The van der Waals surface area contributed by atoms with Gasteiger partial charge < -0.3 is 9.15 Å². The molecule has 29 heavy (non-hydrogen) atoms. The Morgan fingerprint density at radius 1 is 1.03 bits per heavy atom. The molecule has 5 nitrogen and oxygen atoms in total. The molecule has 0 aliphatic rings. The number of aromatic nitrogens is 2. The van der Waals surface area contributed by atoms with Gasteiger partial charge in [-0.25, -0.2) is 9.78 Å². The SMILES string of the molecule is Cc1cc(C)cc(-c2nc3ccc(C(=O)OC(C)Cc4ccncc4)cc3o2)c1. The zero-order valence-corrected chi connectivity index (χ0v) is 16.7. The summed E-state index contributed by atoms with van der Waals surface area (Å²) in [5, 5.41) is 0. The zero-order valence-electron chi connectivity index (χ0n) is 16.7. The van der Waals surface area contributed by atoms with Crippen molar-refractivity contribution in [3.05, 3.63) is 83.2 Å². The predicted molar refractivity (Wildman–Crippen MR) is 112 cm³/mol. The maximum absolute atomic E-state index is 12.6. The number of esters is 1. The minimum absolute atomic E-state index is 0.249. The van der Waals surface area contributed by atoms with Crippen LogP contribution in [0.5, 0.6) is 0 Å². The Bertz CT molecular complexity index is 1150. The molecule has 0 amide bonds. The monoisotopic (exact) mass is 386 g/mol. The molecule has 0 radical (unpaired) electrons. The molecule has 5 heteroatoms. The first-order chi connectivity index (χ1) is 14.0. The number of pyridine rings is 1. The number of rotatable bonds is 5. The molecule has 146 valence electrons. The van der Waals surface area contributed by atoms with Gasteiger partial charge >= 0.3 is 5.97 Å². The fourth-order valence-corrected chi connectivity index (χ4v) is 3.42. The Labute approximate surface area is 169 Å². The topological polar surface area (TPSA) is 65.2 Å². The number of hydrogen-bond acceptors (Lipinski definition) is 5. The normalized spacial score (nSPS) is 12.1. The van der Waals surface area contributed by atoms with Gasteiger partial charge in [-0.1, -0.05) is 17.2 Å². The summed E-state index contributed by atoms with van der Waals surface area (Å²) in [5.41, 5.74) is 6.01. The van der Waals surface area contributed by atoms with Gasteiger partial charge in [0.25, 0.3) is 0 Å².